The van der Waals surface area contributed by atoms with Crippen LogP contribution in [0.4, 0.5) is 0 Å². The molecule has 1 atom stereocenters. The van der Waals surface area contributed by atoms with E-state index in [0.717, 1.165) is 22.9 Å². The molecule has 0 bridgehead atoms. The van der Waals surface area contributed by atoms with Crippen molar-refractivity contribution in [3.8, 4) is 10.6 Å². The zero-order chi connectivity index (χ0) is 15.7. The number of thiazole rings is 1. The molecule has 0 aliphatic rings. The third kappa shape index (κ3) is 2.99. The minimum Gasteiger partial charge on any atom is -0.304 e. The predicted molar refractivity (Wildman–Crippen MR) is 93.4 cm³/mol. The Hall–Kier alpha value is -1.50. The van der Waals surface area contributed by atoms with Gasteiger partial charge in [-0.05, 0) is 32.2 Å². The number of aromatic nitrogens is 3. The first-order chi connectivity index (χ1) is 10.6. The molecule has 3 aromatic rings. The summed E-state index contributed by atoms with van der Waals surface area (Å²) in [6, 6.07) is 2.38. The Bertz CT molecular complexity index is 755. The van der Waals surface area contributed by atoms with Crippen molar-refractivity contribution >= 4 is 22.7 Å². The highest BCUT2D eigenvalue weighted by atomic mass is 32.1. The Kier molecular flexibility index (Phi) is 4.42. The van der Waals surface area contributed by atoms with E-state index in [9.17, 15) is 0 Å². The van der Waals surface area contributed by atoms with Crippen LogP contribution in [0, 0.1) is 13.8 Å². The van der Waals surface area contributed by atoms with Crippen molar-refractivity contribution in [3.05, 3.63) is 44.9 Å². The van der Waals surface area contributed by atoms with E-state index < -0.39 is 0 Å². The Morgan fingerprint density at radius 2 is 2.14 bits per heavy atom. The summed E-state index contributed by atoms with van der Waals surface area (Å²) in [4.78, 5) is 4.71. The summed E-state index contributed by atoms with van der Waals surface area (Å²) >= 11 is 3.41. The summed E-state index contributed by atoms with van der Waals surface area (Å²) in [5.74, 6) is 0. The topological polar surface area (TPSA) is 42.7 Å². The quantitative estimate of drug-likeness (QED) is 0.766. The zero-order valence-corrected chi connectivity index (χ0v) is 14.9. The van der Waals surface area contributed by atoms with E-state index in [0.29, 0.717) is 0 Å². The Labute approximate surface area is 138 Å². The van der Waals surface area contributed by atoms with Crippen molar-refractivity contribution in [2.75, 3.05) is 0 Å². The maximum Gasteiger partial charge on any atom is 0.124 e. The molecule has 0 aromatic carbocycles. The summed E-state index contributed by atoms with van der Waals surface area (Å²) in [5.41, 5.74) is 5.91. The fourth-order valence-corrected chi connectivity index (χ4v) is 4.22. The molecule has 0 aliphatic heterocycles. The van der Waals surface area contributed by atoms with Gasteiger partial charge in [-0.25, -0.2) is 4.98 Å². The van der Waals surface area contributed by atoms with Crippen molar-refractivity contribution in [1.82, 2.24) is 20.1 Å². The van der Waals surface area contributed by atoms with Crippen molar-refractivity contribution in [2.24, 2.45) is 7.05 Å². The lowest BCUT2D eigenvalue weighted by Crippen LogP contribution is -2.19. The van der Waals surface area contributed by atoms with Crippen molar-refractivity contribution < 1.29 is 0 Å². The van der Waals surface area contributed by atoms with Crippen LogP contribution in [-0.4, -0.2) is 14.8 Å². The summed E-state index contributed by atoms with van der Waals surface area (Å²) < 4.78 is 1.94. The first-order valence-electron chi connectivity index (χ1n) is 7.26. The number of nitrogens with zero attached hydrogens (tertiary/aromatic N) is 3. The molecule has 3 aromatic heterocycles. The number of thiophene rings is 1. The molecular weight excluding hydrogens is 312 g/mol. The van der Waals surface area contributed by atoms with Gasteiger partial charge in [-0.3, -0.25) is 4.68 Å². The van der Waals surface area contributed by atoms with Gasteiger partial charge in [0.1, 0.15) is 5.01 Å². The Morgan fingerprint density at radius 1 is 1.32 bits per heavy atom. The van der Waals surface area contributed by atoms with Gasteiger partial charge in [0, 0.05) is 47.2 Å². The van der Waals surface area contributed by atoms with Gasteiger partial charge in [-0.2, -0.15) is 16.4 Å². The molecule has 0 spiro atoms. The largest absolute Gasteiger partial charge is 0.304 e. The SMILES string of the molecule is Cc1nn(C)c(C)c1C(C)NCc1csc(-c2ccsc2)n1. The standard InChI is InChI=1S/C16H20N4S2/c1-10(15-11(2)19-20(4)12(15)3)17-7-14-9-22-16(18-14)13-5-6-21-8-13/h5-6,8-10,17H,7H2,1-4H3. The molecule has 3 heterocycles. The highest BCUT2D eigenvalue weighted by molar-refractivity contribution is 7.14. The molecule has 0 aliphatic carbocycles. The highest BCUT2D eigenvalue weighted by Crippen LogP contribution is 2.26. The average Bonchev–Trinajstić information content (AvgIpc) is 3.19. The van der Waals surface area contributed by atoms with Gasteiger partial charge in [-0.1, -0.05) is 0 Å². The minimum atomic E-state index is 0.264. The molecule has 0 saturated heterocycles. The van der Waals surface area contributed by atoms with E-state index >= 15 is 0 Å². The third-order valence-corrected chi connectivity index (χ3v) is 5.53. The molecule has 0 amide bonds. The average molecular weight is 332 g/mol. The second-order valence-electron chi connectivity index (χ2n) is 5.47. The maximum atomic E-state index is 4.71. The van der Waals surface area contributed by atoms with Crippen LogP contribution >= 0.6 is 22.7 Å². The van der Waals surface area contributed by atoms with Gasteiger partial charge in [0.2, 0.25) is 0 Å². The van der Waals surface area contributed by atoms with Gasteiger partial charge in [-0.15, -0.1) is 11.3 Å². The van der Waals surface area contributed by atoms with Crippen LogP contribution in [0.25, 0.3) is 10.6 Å². The number of hydrogen-bond acceptors (Lipinski definition) is 5. The first kappa shape index (κ1) is 15.4. The van der Waals surface area contributed by atoms with E-state index in [2.05, 4.69) is 53.4 Å². The number of hydrogen-bond donors (Lipinski definition) is 1. The normalized spacial score (nSPS) is 12.7. The lowest BCUT2D eigenvalue weighted by molar-refractivity contribution is 0.563. The lowest BCUT2D eigenvalue weighted by Gasteiger charge is -2.13. The van der Waals surface area contributed by atoms with Crippen molar-refractivity contribution in [1.29, 1.82) is 0 Å². The van der Waals surface area contributed by atoms with E-state index in [1.807, 2.05) is 11.7 Å². The molecule has 1 N–H and O–H groups in total. The molecule has 4 nitrogen and oxygen atoms in total. The van der Waals surface area contributed by atoms with Crippen LogP contribution in [0.2, 0.25) is 0 Å². The number of nitrogens with one attached hydrogen (secondary N) is 1. The van der Waals surface area contributed by atoms with Crippen LogP contribution in [0.1, 0.15) is 35.6 Å². The molecule has 116 valence electrons. The van der Waals surface area contributed by atoms with Crippen LogP contribution in [0.5, 0.6) is 0 Å². The molecule has 1 unspecified atom stereocenters. The van der Waals surface area contributed by atoms with Gasteiger partial charge >= 0.3 is 0 Å². The first-order valence-corrected chi connectivity index (χ1v) is 9.09. The molecule has 0 radical (unpaired) electrons. The van der Waals surface area contributed by atoms with Crippen LogP contribution in [0.15, 0.2) is 22.2 Å². The van der Waals surface area contributed by atoms with Gasteiger partial charge < -0.3 is 5.32 Å². The highest BCUT2D eigenvalue weighted by Gasteiger charge is 2.16. The molecule has 3 rings (SSSR count). The van der Waals surface area contributed by atoms with E-state index in [1.165, 1.54) is 16.8 Å². The zero-order valence-electron chi connectivity index (χ0n) is 13.3. The van der Waals surface area contributed by atoms with Crippen LogP contribution in [0.3, 0.4) is 0 Å². The summed E-state index contributed by atoms with van der Waals surface area (Å²) in [6.45, 7) is 7.14. The van der Waals surface area contributed by atoms with Crippen molar-refractivity contribution in [2.45, 2.75) is 33.4 Å². The van der Waals surface area contributed by atoms with Gasteiger partial charge in [0.05, 0.1) is 11.4 Å². The second-order valence-corrected chi connectivity index (χ2v) is 7.10. The Morgan fingerprint density at radius 3 is 2.77 bits per heavy atom. The van der Waals surface area contributed by atoms with Crippen molar-refractivity contribution in [3.63, 3.8) is 0 Å². The molecule has 0 saturated carbocycles. The van der Waals surface area contributed by atoms with E-state index in [-0.39, 0.29) is 6.04 Å². The van der Waals surface area contributed by atoms with E-state index in [4.69, 9.17) is 4.98 Å². The number of rotatable bonds is 5. The second kappa shape index (κ2) is 6.32. The lowest BCUT2D eigenvalue weighted by atomic mass is 10.1. The molecule has 6 heteroatoms. The number of aryl methyl sites for hydroxylation is 2. The predicted octanol–water partition coefficient (Wildman–Crippen LogP) is 4.07. The monoisotopic (exact) mass is 332 g/mol. The maximum absolute atomic E-state index is 4.71. The third-order valence-electron chi connectivity index (χ3n) is 3.91. The van der Waals surface area contributed by atoms with E-state index in [1.54, 1.807) is 22.7 Å². The minimum absolute atomic E-state index is 0.264. The van der Waals surface area contributed by atoms with Crippen LogP contribution in [-0.2, 0) is 13.6 Å². The smallest absolute Gasteiger partial charge is 0.124 e. The molecule has 0 fully saturated rings. The summed E-state index contributed by atoms with van der Waals surface area (Å²) in [6.07, 6.45) is 0. The molecule has 22 heavy (non-hydrogen) atoms. The summed E-state index contributed by atoms with van der Waals surface area (Å²) in [7, 11) is 1.99. The fourth-order valence-electron chi connectivity index (χ4n) is 2.68. The van der Waals surface area contributed by atoms with Gasteiger partial charge in [0.15, 0.2) is 0 Å². The Balaban J connectivity index is 1.67. The summed E-state index contributed by atoms with van der Waals surface area (Å²) in [5, 5.41) is 15.5. The molecular formula is C16H20N4S2. The fraction of sp³-hybridized carbons (Fsp3) is 0.375. The van der Waals surface area contributed by atoms with Gasteiger partial charge in [0.25, 0.3) is 0 Å². The van der Waals surface area contributed by atoms with Crippen LogP contribution < -0.4 is 5.32 Å².